The molecule has 1 aromatic rings. The van der Waals surface area contributed by atoms with Crippen LogP contribution in [0.2, 0.25) is 0 Å². The van der Waals surface area contributed by atoms with Crippen LogP contribution >= 0.6 is 0 Å². The van der Waals surface area contributed by atoms with E-state index >= 15 is 0 Å². The standard InChI is InChI=1S/C15H18F3N3/c1-20-10-13-4-2-3-7-21(13)12-5-6-14(15(16,17)18)11(8-12)9-19/h5-6,8,13,20H,2-4,7,10H2,1H3. The number of likely N-dealkylation sites (N-methyl/N-ethyl adjacent to an activating group) is 1. The number of nitriles is 1. The average molecular weight is 297 g/mol. The van der Waals surface area contributed by atoms with Crippen LogP contribution < -0.4 is 10.2 Å². The van der Waals surface area contributed by atoms with E-state index in [-0.39, 0.29) is 11.6 Å². The Morgan fingerprint density at radius 3 is 2.76 bits per heavy atom. The van der Waals surface area contributed by atoms with Crippen LogP contribution in [0.15, 0.2) is 18.2 Å². The van der Waals surface area contributed by atoms with E-state index in [1.54, 1.807) is 6.07 Å². The van der Waals surface area contributed by atoms with E-state index in [0.29, 0.717) is 5.69 Å². The van der Waals surface area contributed by atoms with E-state index in [1.807, 2.05) is 7.05 Å². The van der Waals surface area contributed by atoms with Gasteiger partial charge in [0.2, 0.25) is 0 Å². The second-order valence-electron chi connectivity index (χ2n) is 5.24. The van der Waals surface area contributed by atoms with Crippen LogP contribution in [0.25, 0.3) is 0 Å². The Kier molecular flexibility index (Phi) is 4.73. The van der Waals surface area contributed by atoms with Crippen molar-refractivity contribution in [3.05, 3.63) is 29.3 Å². The molecule has 114 valence electrons. The van der Waals surface area contributed by atoms with Crippen LogP contribution in [0.3, 0.4) is 0 Å². The molecule has 0 spiro atoms. The summed E-state index contributed by atoms with van der Waals surface area (Å²) in [6, 6.07) is 5.76. The van der Waals surface area contributed by atoms with Gasteiger partial charge in [-0.05, 0) is 44.5 Å². The summed E-state index contributed by atoms with van der Waals surface area (Å²) in [6.07, 6.45) is -1.35. The molecule has 1 heterocycles. The van der Waals surface area contributed by atoms with E-state index in [1.165, 1.54) is 12.1 Å². The van der Waals surface area contributed by atoms with E-state index in [0.717, 1.165) is 38.4 Å². The SMILES string of the molecule is CNCC1CCCCN1c1ccc(C(F)(F)F)c(C#N)c1. The number of nitrogens with one attached hydrogen (secondary N) is 1. The molecule has 21 heavy (non-hydrogen) atoms. The first-order valence-electron chi connectivity index (χ1n) is 7.00. The van der Waals surface area contributed by atoms with Crippen molar-refractivity contribution in [2.45, 2.75) is 31.5 Å². The fourth-order valence-corrected chi connectivity index (χ4v) is 2.84. The fraction of sp³-hybridized carbons (Fsp3) is 0.533. The zero-order chi connectivity index (χ0) is 15.5. The Morgan fingerprint density at radius 2 is 2.14 bits per heavy atom. The molecule has 0 amide bonds. The fourth-order valence-electron chi connectivity index (χ4n) is 2.84. The molecule has 0 saturated carbocycles. The zero-order valence-electron chi connectivity index (χ0n) is 11.9. The summed E-state index contributed by atoms with van der Waals surface area (Å²) in [5.74, 6) is 0. The first kappa shape index (κ1) is 15.6. The van der Waals surface area contributed by atoms with Crippen LogP contribution in [0.1, 0.15) is 30.4 Å². The molecule has 1 atom stereocenters. The molecule has 0 aliphatic carbocycles. The third-order valence-corrected chi connectivity index (χ3v) is 3.83. The van der Waals surface area contributed by atoms with Crippen molar-refractivity contribution in [3.63, 3.8) is 0 Å². The predicted molar refractivity (Wildman–Crippen MR) is 75.1 cm³/mol. The van der Waals surface area contributed by atoms with Crippen molar-refractivity contribution in [3.8, 4) is 6.07 Å². The summed E-state index contributed by atoms with van der Waals surface area (Å²) >= 11 is 0. The third-order valence-electron chi connectivity index (χ3n) is 3.83. The molecule has 1 aliphatic rings. The Morgan fingerprint density at radius 1 is 1.38 bits per heavy atom. The van der Waals surface area contributed by atoms with Gasteiger partial charge in [-0.2, -0.15) is 18.4 Å². The molecule has 1 unspecified atom stereocenters. The molecule has 6 heteroatoms. The van der Waals surface area contributed by atoms with Crippen molar-refractivity contribution >= 4 is 5.69 Å². The smallest absolute Gasteiger partial charge is 0.367 e. The highest BCUT2D eigenvalue weighted by atomic mass is 19.4. The van der Waals surface area contributed by atoms with Crippen molar-refractivity contribution in [2.24, 2.45) is 0 Å². The normalized spacial score (nSPS) is 19.4. The van der Waals surface area contributed by atoms with Crippen molar-refractivity contribution in [1.82, 2.24) is 5.32 Å². The Balaban J connectivity index is 2.34. The second-order valence-corrected chi connectivity index (χ2v) is 5.24. The Bertz CT molecular complexity index is 532. The maximum atomic E-state index is 12.8. The molecule has 2 rings (SSSR count). The van der Waals surface area contributed by atoms with Gasteiger partial charge in [-0.15, -0.1) is 0 Å². The largest absolute Gasteiger partial charge is 0.417 e. The molecule has 1 aliphatic heterocycles. The van der Waals surface area contributed by atoms with Gasteiger partial charge >= 0.3 is 6.18 Å². The Hall–Kier alpha value is -1.74. The summed E-state index contributed by atoms with van der Waals surface area (Å²) in [6.45, 7) is 1.59. The lowest BCUT2D eigenvalue weighted by molar-refractivity contribution is -0.137. The highest BCUT2D eigenvalue weighted by Crippen LogP contribution is 2.34. The molecule has 0 bridgehead atoms. The van der Waals surface area contributed by atoms with Crippen molar-refractivity contribution < 1.29 is 13.2 Å². The minimum absolute atomic E-state index is 0.257. The number of hydrogen-bond donors (Lipinski definition) is 1. The van der Waals surface area contributed by atoms with Gasteiger partial charge in [-0.1, -0.05) is 0 Å². The lowest BCUT2D eigenvalue weighted by Gasteiger charge is -2.37. The minimum Gasteiger partial charge on any atom is -0.367 e. The van der Waals surface area contributed by atoms with Crippen LogP contribution in [-0.2, 0) is 6.18 Å². The van der Waals surface area contributed by atoms with Gasteiger partial charge < -0.3 is 10.2 Å². The molecule has 1 fully saturated rings. The number of nitrogens with zero attached hydrogens (tertiary/aromatic N) is 2. The first-order valence-corrected chi connectivity index (χ1v) is 7.00. The lowest BCUT2D eigenvalue weighted by atomic mass is 9.99. The predicted octanol–water partition coefficient (Wildman–Crippen LogP) is 3.16. The summed E-state index contributed by atoms with van der Waals surface area (Å²) < 4.78 is 38.5. The molecular weight excluding hydrogens is 279 g/mol. The summed E-state index contributed by atoms with van der Waals surface area (Å²) in [7, 11) is 1.86. The monoisotopic (exact) mass is 297 g/mol. The first-order chi connectivity index (χ1) is 9.97. The van der Waals surface area contributed by atoms with Gasteiger partial charge in [0.05, 0.1) is 17.2 Å². The lowest BCUT2D eigenvalue weighted by Crippen LogP contribution is -2.45. The Labute approximate surface area is 122 Å². The molecule has 1 N–H and O–H groups in total. The highest BCUT2D eigenvalue weighted by Gasteiger charge is 2.34. The molecule has 0 aromatic heterocycles. The maximum absolute atomic E-state index is 12.8. The zero-order valence-corrected chi connectivity index (χ0v) is 11.9. The summed E-state index contributed by atoms with van der Waals surface area (Å²) in [5.41, 5.74) is -0.482. The number of anilines is 1. The van der Waals surface area contributed by atoms with Gasteiger partial charge in [0.25, 0.3) is 0 Å². The van der Waals surface area contributed by atoms with Gasteiger partial charge in [-0.25, -0.2) is 0 Å². The molecule has 3 nitrogen and oxygen atoms in total. The minimum atomic E-state index is -4.49. The molecule has 1 saturated heterocycles. The van der Waals surface area contributed by atoms with Crippen LogP contribution in [-0.4, -0.2) is 26.2 Å². The summed E-state index contributed by atoms with van der Waals surface area (Å²) in [4.78, 5) is 2.10. The van der Waals surface area contributed by atoms with Crippen LogP contribution in [0.5, 0.6) is 0 Å². The van der Waals surface area contributed by atoms with Gasteiger partial charge in [-0.3, -0.25) is 0 Å². The highest BCUT2D eigenvalue weighted by molar-refractivity contribution is 5.56. The van der Waals surface area contributed by atoms with Crippen LogP contribution in [0, 0.1) is 11.3 Å². The van der Waals surface area contributed by atoms with Crippen molar-refractivity contribution in [2.75, 3.05) is 25.0 Å². The van der Waals surface area contributed by atoms with E-state index in [9.17, 15) is 13.2 Å². The molecule has 1 aromatic carbocycles. The second kappa shape index (κ2) is 6.35. The number of piperidine rings is 1. The topological polar surface area (TPSA) is 39.1 Å². The van der Waals surface area contributed by atoms with Crippen molar-refractivity contribution in [1.29, 1.82) is 5.26 Å². The summed E-state index contributed by atoms with van der Waals surface area (Å²) in [5, 5.41) is 12.1. The maximum Gasteiger partial charge on any atom is 0.417 e. The number of hydrogen-bond acceptors (Lipinski definition) is 3. The van der Waals surface area contributed by atoms with Crippen LogP contribution in [0.4, 0.5) is 18.9 Å². The molecular formula is C15H18F3N3. The number of alkyl halides is 3. The average Bonchev–Trinajstić information content (AvgIpc) is 2.46. The third kappa shape index (κ3) is 3.48. The number of rotatable bonds is 3. The molecule has 0 radical (unpaired) electrons. The van der Waals surface area contributed by atoms with Gasteiger partial charge in [0.15, 0.2) is 0 Å². The van der Waals surface area contributed by atoms with E-state index in [2.05, 4.69) is 10.2 Å². The van der Waals surface area contributed by atoms with Gasteiger partial charge in [0.1, 0.15) is 0 Å². The number of benzene rings is 1. The quantitative estimate of drug-likeness (QED) is 0.931. The van der Waals surface area contributed by atoms with E-state index in [4.69, 9.17) is 5.26 Å². The number of halogens is 3. The van der Waals surface area contributed by atoms with Gasteiger partial charge in [0, 0.05) is 24.8 Å². The van der Waals surface area contributed by atoms with E-state index < -0.39 is 11.7 Å².